The van der Waals surface area contributed by atoms with Gasteiger partial charge < -0.3 is 5.32 Å². The molecule has 138 valence electrons. The van der Waals surface area contributed by atoms with Gasteiger partial charge in [-0.2, -0.15) is 0 Å². The van der Waals surface area contributed by atoms with Gasteiger partial charge in [0, 0.05) is 29.5 Å². The third-order valence-electron chi connectivity index (χ3n) is 6.46. The monoisotopic (exact) mass is 359 g/mol. The zero-order valence-corrected chi connectivity index (χ0v) is 14.6. The van der Waals surface area contributed by atoms with Gasteiger partial charge >= 0.3 is 0 Å². The van der Waals surface area contributed by atoms with Crippen LogP contribution in [-0.4, -0.2) is 21.3 Å². The van der Waals surface area contributed by atoms with Crippen LogP contribution in [0.3, 0.4) is 0 Å². The van der Waals surface area contributed by atoms with Crippen molar-refractivity contribution in [3.63, 3.8) is 0 Å². The molecule has 0 heterocycles. The Morgan fingerprint density at radius 3 is 2.31 bits per heavy atom. The minimum absolute atomic E-state index is 0.0692. The van der Waals surface area contributed by atoms with E-state index in [4.69, 9.17) is 0 Å². The van der Waals surface area contributed by atoms with Gasteiger partial charge in [0.1, 0.15) is 0 Å². The molecule has 0 radical (unpaired) electrons. The molecule has 0 spiro atoms. The van der Waals surface area contributed by atoms with Crippen LogP contribution >= 0.6 is 0 Å². The van der Waals surface area contributed by atoms with Crippen molar-refractivity contribution >= 4 is 17.3 Å². The summed E-state index contributed by atoms with van der Waals surface area (Å²) < 4.78 is 0. The molecule has 0 aromatic heterocycles. The van der Waals surface area contributed by atoms with Gasteiger partial charge in [0.25, 0.3) is 11.4 Å². The van der Waals surface area contributed by atoms with E-state index < -0.39 is 9.85 Å². The Kier molecular flexibility index (Phi) is 3.58. The Hall–Kier alpha value is -2.51. The highest BCUT2D eigenvalue weighted by molar-refractivity contribution is 5.74. The number of nitro benzene ring substituents is 2. The lowest BCUT2D eigenvalue weighted by molar-refractivity contribution is -0.395. The van der Waals surface area contributed by atoms with Crippen molar-refractivity contribution in [2.45, 2.75) is 56.4 Å². The normalized spacial score (nSPS) is 34.5. The highest BCUT2D eigenvalue weighted by Gasteiger charge is 2.59. The molecule has 1 amide bonds. The SMILES string of the molecule is CC(=O)NC12C[C@@H]3C[C@@H](C1)CC(c1ccc([N+](=O)[O-])cc1[N+](=O)[O-])(C3)C2. The summed E-state index contributed by atoms with van der Waals surface area (Å²) in [6.07, 6.45) is 5.32. The number of carbonyl (C=O) groups excluding carboxylic acids is 1. The Labute approximate surface area is 150 Å². The molecule has 1 N–H and O–H groups in total. The maximum absolute atomic E-state index is 11.8. The molecule has 0 aliphatic heterocycles. The molecule has 4 fully saturated rings. The van der Waals surface area contributed by atoms with Crippen molar-refractivity contribution in [2.75, 3.05) is 0 Å². The Morgan fingerprint density at radius 2 is 1.77 bits per heavy atom. The summed E-state index contributed by atoms with van der Waals surface area (Å²) in [4.78, 5) is 33.4. The second-order valence-corrected chi connectivity index (χ2v) is 8.42. The highest BCUT2D eigenvalue weighted by Crippen LogP contribution is 2.63. The highest BCUT2D eigenvalue weighted by atomic mass is 16.6. The molecule has 1 aromatic rings. The molecule has 4 bridgehead atoms. The van der Waals surface area contributed by atoms with Crippen LogP contribution < -0.4 is 5.32 Å². The molecule has 4 aliphatic carbocycles. The fourth-order valence-corrected chi connectivity index (χ4v) is 6.33. The summed E-state index contributed by atoms with van der Waals surface area (Å²) in [5, 5.41) is 25.8. The number of hydrogen-bond donors (Lipinski definition) is 1. The average Bonchev–Trinajstić information content (AvgIpc) is 2.51. The first kappa shape index (κ1) is 16.9. The molecular weight excluding hydrogens is 338 g/mol. The summed E-state index contributed by atoms with van der Waals surface area (Å²) in [6.45, 7) is 1.51. The molecule has 5 rings (SSSR count). The molecule has 0 saturated heterocycles. The van der Waals surface area contributed by atoms with Gasteiger partial charge in [0.2, 0.25) is 5.91 Å². The fraction of sp³-hybridized carbons (Fsp3) is 0.611. The number of nitrogens with one attached hydrogen (secondary N) is 1. The summed E-state index contributed by atoms with van der Waals surface area (Å²) in [5.41, 5.74) is -0.520. The molecular formula is C18H21N3O5. The van der Waals surface area contributed by atoms with Crippen molar-refractivity contribution < 1.29 is 14.6 Å². The smallest absolute Gasteiger partial charge is 0.280 e. The topological polar surface area (TPSA) is 115 Å². The quantitative estimate of drug-likeness (QED) is 0.654. The van der Waals surface area contributed by atoms with E-state index in [0.29, 0.717) is 23.8 Å². The summed E-state index contributed by atoms with van der Waals surface area (Å²) >= 11 is 0. The zero-order chi connectivity index (χ0) is 18.7. The molecule has 4 aliphatic rings. The predicted octanol–water partition coefficient (Wildman–Crippen LogP) is 3.23. The van der Waals surface area contributed by atoms with Crippen molar-refractivity contribution in [2.24, 2.45) is 11.8 Å². The number of non-ortho nitro benzene ring substituents is 1. The largest absolute Gasteiger partial charge is 0.351 e. The molecule has 8 heteroatoms. The van der Waals surface area contributed by atoms with Crippen LogP contribution in [0.15, 0.2) is 18.2 Å². The van der Waals surface area contributed by atoms with Crippen molar-refractivity contribution in [3.05, 3.63) is 44.0 Å². The van der Waals surface area contributed by atoms with Crippen molar-refractivity contribution in [1.82, 2.24) is 5.32 Å². The van der Waals surface area contributed by atoms with E-state index in [1.54, 1.807) is 6.07 Å². The lowest BCUT2D eigenvalue weighted by Crippen LogP contribution is -2.64. The Morgan fingerprint density at radius 1 is 1.12 bits per heavy atom. The van der Waals surface area contributed by atoms with Crippen molar-refractivity contribution in [1.29, 1.82) is 0 Å². The van der Waals surface area contributed by atoms with Crippen LogP contribution in [0.25, 0.3) is 0 Å². The van der Waals surface area contributed by atoms with Crippen LogP contribution in [-0.2, 0) is 10.2 Å². The van der Waals surface area contributed by atoms with E-state index >= 15 is 0 Å². The van der Waals surface area contributed by atoms with Gasteiger partial charge in [-0.05, 0) is 56.4 Å². The molecule has 2 atom stereocenters. The van der Waals surface area contributed by atoms with Crippen LogP contribution in [0, 0.1) is 32.1 Å². The van der Waals surface area contributed by atoms with E-state index in [1.165, 1.54) is 13.0 Å². The molecule has 8 nitrogen and oxygen atoms in total. The maximum atomic E-state index is 11.8. The first-order chi connectivity index (χ1) is 12.2. The summed E-state index contributed by atoms with van der Waals surface area (Å²) in [6, 6.07) is 4.02. The van der Waals surface area contributed by atoms with E-state index in [9.17, 15) is 25.0 Å². The first-order valence-electron chi connectivity index (χ1n) is 8.94. The van der Waals surface area contributed by atoms with Gasteiger partial charge in [-0.25, -0.2) is 0 Å². The number of benzene rings is 1. The van der Waals surface area contributed by atoms with Gasteiger partial charge in [-0.15, -0.1) is 0 Å². The minimum atomic E-state index is -0.602. The van der Waals surface area contributed by atoms with Gasteiger partial charge in [0.15, 0.2) is 0 Å². The molecule has 4 saturated carbocycles. The van der Waals surface area contributed by atoms with E-state index in [2.05, 4.69) is 5.32 Å². The average molecular weight is 359 g/mol. The summed E-state index contributed by atoms with van der Waals surface area (Å²) in [5.74, 6) is 0.788. The Balaban J connectivity index is 1.81. The van der Waals surface area contributed by atoms with E-state index in [1.807, 2.05) is 0 Å². The number of nitro groups is 2. The summed E-state index contributed by atoms with van der Waals surface area (Å²) in [7, 11) is 0. The minimum Gasteiger partial charge on any atom is -0.351 e. The third kappa shape index (κ3) is 2.55. The van der Waals surface area contributed by atoms with E-state index in [0.717, 1.165) is 38.2 Å². The first-order valence-corrected chi connectivity index (χ1v) is 8.94. The van der Waals surface area contributed by atoms with Crippen molar-refractivity contribution in [3.8, 4) is 0 Å². The molecule has 0 unspecified atom stereocenters. The third-order valence-corrected chi connectivity index (χ3v) is 6.46. The molecule has 1 aromatic carbocycles. The Bertz CT molecular complexity index is 807. The van der Waals surface area contributed by atoms with Crippen LogP contribution in [0.4, 0.5) is 11.4 Å². The molecule has 26 heavy (non-hydrogen) atoms. The lowest BCUT2D eigenvalue weighted by atomic mass is 9.45. The maximum Gasteiger partial charge on any atom is 0.280 e. The standard InChI is InChI=1S/C18H21N3O5/c1-11(22)19-18-8-12-4-13(9-18)7-17(6-12,10-18)15-3-2-14(20(23)24)5-16(15)21(25)26/h2-3,5,12-13H,4,6-10H2,1H3,(H,19,22)/t12-,13-,17?,18?/m1/s1. The van der Waals surface area contributed by atoms with Gasteiger partial charge in [0.05, 0.1) is 15.9 Å². The second kappa shape index (κ2) is 5.49. The van der Waals surface area contributed by atoms with E-state index in [-0.39, 0.29) is 28.2 Å². The zero-order valence-electron chi connectivity index (χ0n) is 14.6. The van der Waals surface area contributed by atoms with Gasteiger partial charge in [-0.3, -0.25) is 25.0 Å². The lowest BCUT2D eigenvalue weighted by Gasteiger charge is -2.62. The number of hydrogen-bond acceptors (Lipinski definition) is 5. The second-order valence-electron chi connectivity index (χ2n) is 8.42. The van der Waals surface area contributed by atoms with Crippen LogP contribution in [0.5, 0.6) is 0 Å². The van der Waals surface area contributed by atoms with Crippen LogP contribution in [0.1, 0.15) is 51.0 Å². The fourth-order valence-electron chi connectivity index (χ4n) is 6.33. The van der Waals surface area contributed by atoms with Crippen LogP contribution in [0.2, 0.25) is 0 Å². The number of amides is 1. The van der Waals surface area contributed by atoms with Gasteiger partial charge in [-0.1, -0.05) is 0 Å². The number of carbonyl (C=O) groups is 1. The predicted molar refractivity (Wildman–Crippen MR) is 92.7 cm³/mol. The number of rotatable bonds is 4. The number of nitrogens with zero attached hydrogens (tertiary/aromatic N) is 2.